The third kappa shape index (κ3) is 3.24. The van der Waals surface area contributed by atoms with Crippen LogP contribution in [0.25, 0.3) is 21.5 Å². The van der Waals surface area contributed by atoms with E-state index in [-0.39, 0.29) is 11.4 Å². The molecule has 0 aromatic heterocycles. The van der Waals surface area contributed by atoms with Crippen LogP contribution in [0.3, 0.4) is 0 Å². The molecular formula is C21H19NO3. The summed E-state index contributed by atoms with van der Waals surface area (Å²) in [6, 6.07) is 17.6. The number of nitrogens with zero attached hydrogens (tertiary/aromatic N) is 1. The van der Waals surface area contributed by atoms with Gasteiger partial charge in [-0.05, 0) is 33.7 Å². The fourth-order valence-electron chi connectivity index (χ4n) is 2.88. The summed E-state index contributed by atoms with van der Waals surface area (Å²) in [6.45, 7) is 0. The highest BCUT2D eigenvalue weighted by atomic mass is 16.5. The van der Waals surface area contributed by atoms with E-state index in [0.717, 1.165) is 21.5 Å². The van der Waals surface area contributed by atoms with E-state index < -0.39 is 5.97 Å². The molecule has 0 N–H and O–H groups in total. The molecule has 0 saturated carbocycles. The fraction of sp³-hybridized carbons (Fsp3) is 0.143. The molecule has 0 bridgehead atoms. The Balaban J connectivity index is 2.21. The Morgan fingerprint density at radius 3 is 2.20 bits per heavy atom. The summed E-state index contributed by atoms with van der Waals surface area (Å²) in [4.78, 5) is 26.8. The van der Waals surface area contributed by atoms with E-state index in [1.807, 2.05) is 42.5 Å². The van der Waals surface area contributed by atoms with Gasteiger partial charge in [-0.3, -0.25) is 4.79 Å². The average molecular weight is 333 g/mol. The van der Waals surface area contributed by atoms with Crippen molar-refractivity contribution < 1.29 is 14.3 Å². The number of Topliss-reactive ketones (excluding diaryl/α,β-unsaturated/α-hetero) is 1. The van der Waals surface area contributed by atoms with Gasteiger partial charge in [-0.2, -0.15) is 0 Å². The van der Waals surface area contributed by atoms with Gasteiger partial charge in [-0.25, -0.2) is 4.79 Å². The van der Waals surface area contributed by atoms with Crippen molar-refractivity contribution in [3.05, 3.63) is 71.9 Å². The highest BCUT2D eigenvalue weighted by molar-refractivity contribution is 6.28. The number of benzene rings is 3. The zero-order valence-corrected chi connectivity index (χ0v) is 14.4. The highest BCUT2D eigenvalue weighted by Crippen LogP contribution is 2.27. The lowest BCUT2D eigenvalue weighted by molar-refractivity contribution is -0.135. The van der Waals surface area contributed by atoms with E-state index in [1.165, 1.54) is 13.3 Å². The first-order chi connectivity index (χ1) is 12.0. The molecule has 0 aliphatic carbocycles. The second kappa shape index (κ2) is 6.77. The molecule has 3 aromatic carbocycles. The van der Waals surface area contributed by atoms with E-state index >= 15 is 0 Å². The maximum absolute atomic E-state index is 13.0. The monoisotopic (exact) mass is 333 g/mol. The van der Waals surface area contributed by atoms with Crippen LogP contribution in [0.2, 0.25) is 0 Å². The topological polar surface area (TPSA) is 46.6 Å². The maximum atomic E-state index is 13.0. The van der Waals surface area contributed by atoms with Crippen molar-refractivity contribution in [2.45, 2.75) is 0 Å². The largest absolute Gasteiger partial charge is 0.465 e. The Labute approximate surface area is 146 Å². The molecule has 0 unspecified atom stereocenters. The molecule has 0 saturated heterocycles. The molecule has 0 radical (unpaired) electrons. The van der Waals surface area contributed by atoms with Crippen LogP contribution in [0.4, 0.5) is 0 Å². The van der Waals surface area contributed by atoms with Gasteiger partial charge in [0.2, 0.25) is 5.78 Å². The molecule has 0 heterocycles. The number of hydrogen-bond donors (Lipinski definition) is 0. The molecule has 4 nitrogen and oxygen atoms in total. The highest BCUT2D eigenvalue weighted by Gasteiger charge is 2.22. The minimum Gasteiger partial charge on any atom is -0.465 e. The Hall–Kier alpha value is -3.14. The first-order valence-electron chi connectivity index (χ1n) is 7.94. The minimum absolute atomic E-state index is 0.00755. The van der Waals surface area contributed by atoms with Gasteiger partial charge in [0.1, 0.15) is 5.57 Å². The Kier molecular flexibility index (Phi) is 4.52. The summed E-state index contributed by atoms with van der Waals surface area (Å²) in [7, 11) is 4.79. The molecule has 0 aliphatic rings. The number of rotatable bonds is 4. The summed E-state index contributed by atoms with van der Waals surface area (Å²) < 4.78 is 4.78. The molecule has 25 heavy (non-hydrogen) atoms. The lowest BCUT2D eigenvalue weighted by Gasteiger charge is -2.12. The van der Waals surface area contributed by atoms with Gasteiger partial charge in [0.25, 0.3) is 0 Å². The normalized spacial score (nSPS) is 11.6. The van der Waals surface area contributed by atoms with Crippen molar-refractivity contribution in [3.63, 3.8) is 0 Å². The van der Waals surface area contributed by atoms with E-state index in [1.54, 1.807) is 25.1 Å². The molecule has 4 heteroatoms. The van der Waals surface area contributed by atoms with Crippen LogP contribution in [-0.4, -0.2) is 37.9 Å². The van der Waals surface area contributed by atoms with Crippen LogP contribution in [0.15, 0.2) is 66.4 Å². The summed E-state index contributed by atoms with van der Waals surface area (Å²) in [5.41, 5.74) is 0.495. The summed E-state index contributed by atoms with van der Waals surface area (Å²) in [5, 5.41) is 3.93. The van der Waals surface area contributed by atoms with Crippen molar-refractivity contribution >= 4 is 33.3 Å². The maximum Gasteiger partial charge on any atom is 0.343 e. The van der Waals surface area contributed by atoms with Gasteiger partial charge in [0, 0.05) is 25.9 Å². The number of ketones is 1. The average Bonchev–Trinajstić information content (AvgIpc) is 2.62. The van der Waals surface area contributed by atoms with Crippen LogP contribution in [-0.2, 0) is 9.53 Å². The Morgan fingerprint density at radius 1 is 0.920 bits per heavy atom. The van der Waals surface area contributed by atoms with Crippen LogP contribution in [0.1, 0.15) is 10.4 Å². The molecular weight excluding hydrogens is 314 g/mol. The van der Waals surface area contributed by atoms with E-state index in [9.17, 15) is 9.59 Å². The van der Waals surface area contributed by atoms with Crippen molar-refractivity contribution in [1.29, 1.82) is 0 Å². The number of methoxy groups -OCH3 is 1. The number of ether oxygens (including phenoxy) is 1. The molecule has 3 aromatic rings. The smallest absolute Gasteiger partial charge is 0.343 e. The number of esters is 1. The summed E-state index contributed by atoms with van der Waals surface area (Å²) in [6.07, 6.45) is 1.49. The van der Waals surface area contributed by atoms with Crippen LogP contribution in [0, 0.1) is 0 Å². The minimum atomic E-state index is -0.642. The number of carbonyl (C=O) groups excluding carboxylic acids is 2. The molecule has 0 aliphatic heterocycles. The third-order valence-corrected chi connectivity index (χ3v) is 4.03. The number of fused-ring (bicyclic) bond motifs is 2. The molecule has 0 amide bonds. The van der Waals surface area contributed by atoms with Gasteiger partial charge in [0.05, 0.1) is 7.11 Å². The van der Waals surface area contributed by atoms with Gasteiger partial charge in [-0.15, -0.1) is 0 Å². The first kappa shape index (κ1) is 16.7. The molecule has 0 spiro atoms. The van der Waals surface area contributed by atoms with E-state index in [2.05, 4.69) is 6.07 Å². The second-order valence-electron chi connectivity index (χ2n) is 6.05. The van der Waals surface area contributed by atoms with Crippen molar-refractivity contribution in [2.75, 3.05) is 21.2 Å². The standard InChI is InChI=1S/C21H19NO3/c1-22(2)13-19(21(24)25-3)20(23)17-10-6-9-16-11-14-7-4-5-8-15(14)12-18(16)17/h4-13H,1-3H3/b19-13-. The predicted molar refractivity (Wildman–Crippen MR) is 99.6 cm³/mol. The van der Waals surface area contributed by atoms with Crippen LogP contribution in [0.5, 0.6) is 0 Å². The molecule has 0 fully saturated rings. The van der Waals surface area contributed by atoms with E-state index in [4.69, 9.17) is 4.74 Å². The number of hydrogen-bond acceptors (Lipinski definition) is 4. The van der Waals surface area contributed by atoms with Crippen molar-refractivity contribution in [3.8, 4) is 0 Å². The zero-order chi connectivity index (χ0) is 18.0. The summed E-state index contributed by atoms with van der Waals surface area (Å²) in [5.74, 6) is -0.988. The van der Waals surface area contributed by atoms with Crippen LogP contribution < -0.4 is 0 Å². The Morgan fingerprint density at radius 2 is 1.56 bits per heavy atom. The van der Waals surface area contributed by atoms with Gasteiger partial charge in [0.15, 0.2) is 0 Å². The summed E-state index contributed by atoms with van der Waals surface area (Å²) >= 11 is 0. The molecule has 0 atom stereocenters. The van der Waals surface area contributed by atoms with Gasteiger partial charge >= 0.3 is 5.97 Å². The fourth-order valence-corrected chi connectivity index (χ4v) is 2.88. The lowest BCUT2D eigenvalue weighted by atomic mass is 9.95. The van der Waals surface area contributed by atoms with Crippen molar-refractivity contribution in [2.24, 2.45) is 0 Å². The van der Waals surface area contributed by atoms with Crippen molar-refractivity contribution in [1.82, 2.24) is 4.90 Å². The second-order valence-corrected chi connectivity index (χ2v) is 6.05. The van der Waals surface area contributed by atoms with E-state index in [0.29, 0.717) is 5.56 Å². The molecule has 126 valence electrons. The predicted octanol–water partition coefficient (Wildman–Crippen LogP) is 3.79. The third-order valence-electron chi connectivity index (χ3n) is 4.03. The lowest BCUT2D eigenvalue weighted by Crippen LogP contribution is -2.18. The van der Waals surface area contributed by atoms with Crippen LogP contribution >= 0.6 is 0 Å². The number of carbonyl (C=O) groups is 2. The molecule has 3 rings (SSSR count). The zero-order valence-electron chi connectivity index (χ0n) is 14.4. The SMILES string of the molecule is COC(=O)/C(=C\N(C)C)C(=O)c1cccc2cc3ccccc3cc12. The first-order valence-corrected chi connectivity index (χ1v) is 7.94. The Bertz CT molecular complexity index is 1000. The van der Waals surface area contributed by atoms with Gasteiger partial charge < -0.3 is 9.64 Å². The van der Waals surface area contributed by atoms with Gasteiger partial charge in [-0.1, -0.05) is 42.5 Å². The quantitative estimate of drug-likeness (QED) is 0.182.